The molecule has 3 saturated heterocycles. The number of carbonyl (C=O) groups excluding carboxylic acids is 1. The minimum atomic E-state index is -0.864. The number of hydrogen-bond acceptors (Lipinski definition) is 7. The van der Waals surface area contributed by atoms with Crippen LogP contribution in [0.4, 0.5) is 0 Å². The van der Waals surface area contributed by atoms with Crippen LogP contribution in [0.15, 0.2) is 11.1 Å². The van der Waals surface area contributed by atoms with Crippen molar-refractivity contribution in [3.05, 3.63) is 11.1 Å². The van der Waals surface area contributed by atoms with Crippen molar-refractivity contribution < 1.29 is 34.0 Å². The molecule has 2 spiro atoms. The Morgan fingerprint density at radius 3 is 2.67 bits per heavy atom. The number of aliphatic hydroxyl groups is 2. The number of fused-ring (bicyclic) bond motifs is 4. The average Bonchev–Trinajstić information content (AvgIpc) is 3.48. The summed E-state index contributed by atoms with van der Waals surface area (Å²) in [4.78, 5) is 12.1. The number of hydrogen-bond donors (Lipinski definition) is 2. The van der Waals surface area contributed by atoms with Crippen molar-refractivity contribution in [3.8, 4) is 0 Å². The van der Waals surface area contributed by atoms with Crippen molar-refractivity contribution in [2.75, 3.05) is 6.61 Å². The van der Waals surface area contributed by atoms with E-state index in [1.165, 1.54) is 0 Å². The van der Waals surface area contributed by atoms with Gasteiger partial charge in [0.1, 0.15) is 36.1 Å². The molecule has 7 nitrogen and oxygen atoms in total. The Labute approximate surface area is 156 Å². The number of rotatable bonds is 1. The lowest BCUT2D eigenvalue weighted by molar-refractivity contribution is -0.137. The minimum absolute atomic E-state index is 0.0467. The van der Waals surface area contributed by atoms with Crippen molar-refractivity contribution in [2.24, 2.45) is 17.3 Å². The smallest absolute Gasteiger partial charge is 0.337 e. The second-order valence-electron chi connectivity index (χ2n) is 10.1. The first-order valence-corrected chi connectivity index (χ1v) is 10.1. The van der Waals surface area contributed by atoms with E-state index in [-0.39, 0.29) is 36.8 Å². The summed E-state index contributed by atoms with van der Waals surface area (Å²) in [5, 5.41) is 22.3. The minimum Gasteiger partial charge on any atom is -0.458 e. The van der Waals surface area contributed by atoms with E-state index < -0.39 is 40.4 Å². The molecule has 0 aromatic rings. The summed E-state index contributed by atoms with van der Waals surface area (Å²) >= 11 is 0. The van der Waals surface area contributed by atoms with Crippen LogP contribution in [0.25, 0.3) is 0 Å². The Balaban J connectivity index is 1.40. The summed E-state index contributed by atoms with van der Waals surface area (Å²) in [6.45, 7) is 6.51. The molecule has 10 atom stereocenters. The predicted octanol–water partition coefficient (Wildman–Crippen LogP) is 0.0739. The van der Waals surface area contributed by atoms with Gasteiger partial charge in [0.25, 0.3) is 0 Å². The fraction of sp³-hybridized carbons (Fsp3) is 0.850. The van der Waals surface area contributed by atoms with Gasteiger partial charge in [0, 0.05) is 5.41 Å². The van der Waals surface area contributed by atoms with E-state index in [1.807, 2.05) is 0 Å². The molecule has 7 aliphatic rings. The number of epoxide rings is 3. The molecule has 2 N–H and O–H groups in total. The largest absolute Gasteiger partial charge is 0.458 e. The molecule has 5 fully saturated rings. The maximum atomic E-state index is 12.1. The summed E-state index contributed by atoms with van der Waals surface area (Å²) in [7, 11) is 0. The summed E-state index contributed by atoms with van der Waals surface area (Å²) in [6.07, 6.45) is -0.861. The zero-order valence-electron chi connectivity index (χ0n) is 15.6. The van der Waals surface area contributed by atoms with Crippen LogP contribution in [0.2, 0.25) is 0 Å². The summed E-state index contributed by atoms with van der Waals surface area (Å²) in [5.74, 6) is -0.186. The summed E-state index contributed by atoms with van der Waals surface area (Å²) < 4.78 is 24.1. The van der Waals surface area contributed by atoms with Crippen molar-refractivity contribution in [2.45, 2.75) is 80.9 Å². The molecule has 2 saturated carbocycles. The standard InChI is InChI=1S/C20H24O7/c1-7(2)18-13(26-18)14-20(27-14)17(3)5-10(21)12-8(6-24-15(12)22)9(17)4-11-19(20,25-11)16(18)23/h7,9-11,13-14,16,21,23H,4-6H2,1-3H3/t9-,10-,11-,13-,14-,16-,17-,18-,19+,20+/m0/s1. The fourth-order valence-electron chi connectivity index (χ4n) is 7.80. The highest BCUT2D eigenvalue weighted by molar-refractivity contribution is 5.93. The summed E-state index contributed by atoms with van der Waals surface area (Å²) in [5.41, 5.74) is -1.12. The van der Waals surface area contributed by atoms with Crippen molar-refractivity contribution in [1.29, 1.82) is 0 Å². The predicted molar refractivity (Wildman–Crippen MR) is 88.5 cm³/mol. The highest BCUT2D eigenvalue weighted by atomic mass is 16.7. The number of aliphatic hydroxyl groups excluding tert-OH is 2. The van der Waals surface area contributed by atoms with Crippen molar-refractivity contribution in [1.82, 2.24) is 0 Å². The van der Waals surface area contributed by atoms with Gasteiger partial charge in [-0.1, -0.05) is 20.8 Å². The third kappa shape index (κ3) is 1.27. The second-order valence-corrected chi connectivity index (χ2v) is 10.1. The lowest BCUT2D eigenvalue weighted by Crippen LogP contribution is -2.69. The Hall–Kier alpha value is -0.990. The molecule has 3 aliphatic carbocycles. The van der Waals surface area contributed by atoms with Gasteiger partial charge in [-0.3, -0.25) is 0 Å². The molecule has 7 heteroatoms. The third-order valence-corrected chi connectivity index (χ3v) is 9.09. The molecule has 0 bridgehead atoms. The quantitative estimate of drug-likeness (QED) is 0.493. The first-order valence-electron chi connectivity index (χ1n) is 10.1. The fourth-order valence-corrected chi connectivity index (χ4v) is 7.80. The SMILES string of the molecule is CC(C)[C@]12O[C@H]1[C@@H]1O[C@]13[C@]1(O[C@H]1C[C@H]1C4=C(C(=O)OC4)[C@@H](O)C[C@@]13C)[C@H]2O. The van der Waals surface area contributed by atoms with E-state index in [4.69, 9.17) is 18.9 Å². The number of cyclic esters (lactones) is 1. The van der Waals surface area contributed by atoms with Gasteiger partial charge in [0.15, 0.2) is 5.60 Å². The first-order chi connectivity index (χ1) is 12.8. The van der Waals surface area contributed by atoms with Gasteiger partial charge in [-0.25, -0.2) is 4.79 Å². The molecular weight excluding hydrogens is 352 g/mol. The Bertz CT molecular complexity index is 851. The van der Waals surface area contributed by atoms with Gasteiger partial charge in [-0.2, -0.15) is 0 Å². The average molecular weight is 376 g/mol. The van der Waals surface area contributed by atoms with E-state index >= 15 is 0 Å². The zero-order valence-corrected chi connectivity index (χ0v) is 15.6. The van der Waals surface area contributed by atoms with E-state index in [0.717, 1.165) is 5.57 Å². The Morgan fingerprint density at radius 1 is 1.15 bits per heavy atom. The molecule has 27 heavy (non-hydrogen) atoms. The normalized spacial score (nSPS) is 64.0. The van der Waals surface area contributed by atoms with E-state index in [0.29, 0.717) is 18.4 Å². The van der Waals surface area contributed by atoms with Crippen LogP contribution in [0, 0.1) is 17.3 Å². The van der Waals surface area contributed by atoms with Gasteiger partial charge < -0.3 is 29.2 Å². The van der Waals surface area contributed by atoms with Crippen molar-refractivity contribution >= 4 is 5.97 Å². The Kier molecular flexibility index (Phi) is 2.35. The van der Waals surface area contributed by atoms with Gasteiger partial charge >= 0.3 is 5.97 Å². The van der Waals surface area contributed by atoms with Crippen LogP contribution in [0.5, 0.6) is 0 Å². The van der Waals surface area contributed by atoms with Crippen LogP contribution in [0.3, 0.4) is 0 Å². The molecule has 4 heterocycles. The number of ether oxygens (including phenoxy) is 4. The van der Waals surface area contributed by atoms with Crippen LogP contribution in [-0.2, 0) is 23.7 Å². The molecule has 0 unspecified atom stereocenters. The Morgan fingerprint density at radius 2 is 1.93 bits per heavy atom. The topological polar surface area (TPSA) is 104 Å². The summed E-state index contributed by atoms with van der Waals surface area (Å²) in [6, 6.07) is 0. The third-order valence-electron chi connectivity index (χ3n) is 9.09. The second kappa shape index (κ2) is 4.00. The first kappa shape index (κ1) is 15.9. The number of esters is 1. The van der Waals surface area contributed by atoms with Gasteiger partial charge in [0.2, 0.25) is 0 Å². The highest BCUT2D eigenvalue weighted by Gasteiger charge is 3.00. The molecule has 0 aromatic heterocycles. The maximum absolute atomic E-state index is 12.1. The van der Waals surface area contributed by atoms with Gasteiger partial charge in [-0.15, -0.1) is 0 Å². The molecule has 0 amide bonds. The molecule has 4 aliphatic heterocycles. The van der Waals surface area contributed by atoms with Crippen LogP contribution >= 0.6 is 0 Å². The molecule has 146 valence electrons. The molecule has 0 radical (unpaired) electrons. The van der Waals surface area contributed by atoms with Crippen LogP contribution in [0.1, 0.15) is 33.6 Å². The lowest BCUT2D eigenvalue weighted by atomic mass is 9.46. The molecule has 0 aromatic carbocycles. The van der Waals surface area contributed by atoms with Gasteiger partial charge in [-0.05, 0) is 30.3 Å². The molecule has 7 rings (SSSR count). The zero-order chi connectivity index (χ0) is 18.7. The van der Waals surface area contributed by atoms with Gasteiger partial charge in [0.05, 0.1) is 17.8 Å². The monoisotopic (exact) mass is 376 g/mol. The number of carbonyl (C=O) groups is 1. The van der Waals surface area contributed by atoms with Crippen molar-refractivity contribution in [3.63, 3.8) is 0 Å². The van der Waals surface area contributed by atoms with E-state index in [1.54, 1.807) is 0 Å². The van der Waals surface area contributed by atoms with Crippen LogP contribution in [-0.4, -0.2) is 70.1 Å². The highest BCUT2D eigenvalue weighted by Crippen LogP contribution is 2.82. The van der Waals surface area contributed by atoms with E-state index in [9.17, 15) is 15.0 Å². The van der Waals surface area contributed by atoms with E-state index in [2.05, 4.69) is 20.8 Å². The lowest BCUT2D eigenvalue weighted by Gasteiger charge is -2.54. The molecular formula is C20H24O7. The maximum Gasteiger partial charge on any atom is 0.337 e. The van der Waals surface area contributed by atoms with Crippen LogP contribution < -0.4 is 0 Å².